The minimum absolute atomic E-state index is 0.412. The van der Waals surface area contributed by atoms with Gasteiger partial charge in [-0.05, 0) is 13.8 Å². The van der Waals surface area contributed by atoms with E-state index in [2.05, 4.69) is 30.0 Å². The number of rotatable bonds is 0. The van der Waals surface area contributed by atoms with Crippen molar-refractivity contribution in [2.75, 3.05) is 0 Å². The largest absolute Gasteiger partial charge is 0.285 e. The van der Waals surface area contributed by atoms with Crippen molar-refractivity contribution in [1.82, 2.24) is 16.2 Å². The van der Waals surface area contributed by atoms with Crippen molar-refractivity contribution in [2.24, 2.45) is 0 Å². The number of hydrogen-bond acceptors (Lipinski definition) is 3. The third kappa shape index (κ3) is 3.46. The van der Waals surface area contributed by atoms with Crippen molar-refractivity contribution in [3.05, 3.63) is 0 Å². The van der Waals surface area contributed by atoms with Crippen LogP contribution >= 0.6 is 0 Å². The van der Waals surface area contributed by atoms with Crippen LogP contribution in [0.3, 0.4) is 0 Å². The van der Waals surface area contributed by atoms with Gasteiger partial charge < -0.3 is 0 Å². The monoisotopic (exact) mass is 131 g/mol. The van der Waals surface area contributed by atoms with E-state index in [1.54, 1.807) is 0 Å². The molecule has 0 bridgehead atoms. The molecule has 0 radical (unpaired) electrons. The highest BCUT2D eigenvalue weighted by Gasteiger charge is 2.11. The molecule has 1 rings (SSSR count). The molecular weight excluding hydrogens is 114 g/mol. The summed E-state index contributed by atoms with van der Waals surface area (Å²) >= 11 is 0. The summed E-state index contributed by atoms with van der Waals surface area (Å²) in [6.45, 7) is 8.13. The molecule has 3 heteroatoms. The first kappa shape index (κ1) is 8.88. The van der Waals surface area contributed by atoms with Crippen LogP contribution in [0.1, 0.15) is 27.7 Å². The Kier molecular flexibility index (Phi) is 4.67. The van der Waals surface area contributed by atoms with Gasteiger partial charge in [-0.1, -0.05) is 13.8 Å². The molecule has 1 fully saturated rings. The van der Waals surface area contributed by atoms with Crippen LogP contribution in [0.25, 0.3) is 0 Å². The van der Waals surface area contributed by atoms with Crippen LogP contribution < -0.4 is 16.2 Å². The molecule has 0 saturated carbocycles. The van der Waals surface area contributed by atoms with Crippen LogP contribution in [-0.4, -0.2) is 12.3 Å². The van der Waals surface area contributed by atoms with E-state index in [-0.39, 0.29) is 0 Å². The van der Waals surface area contributed by atoms with Gasteiger partial charge in [0.25, 0.3) is 0 Å². The van der Waals surface area contributed by atoms with Crippen molar-refractivity contribution in [3.63, 3.8) is 0 Å². The molecule has 0 aromatic rings. The average molecular weight is 131 g/mol. The van der Waals surface area contributed by atoms with E-state index in [0.29, 0.717) is 12.3 Å². The maximum Gasteiger partial charge on any atom is 0.0688 e. The van der Waals surface area contributed by atoms with Gasteiger partial charge in [0.05, 0.1) is 12.3 Å². The lowest BCUT2D eigenvalue weighted by Gasteiger charge is -1.98. The van der Waals surface area contributed by atoms with Gasteiger partial charge in [-0.25, -0.2) is 10.9 Å². The maximum absolute atomic E-state index is 3.19. The van der Waals surface area contributed by atoms with Crippen LogP contribution in [0.2, 0.25) is 0 Å². The van der Waals surface area contributed by atoms with Gasteiger partial charge in [0, 0.05) is 0 Å². The number of nitrogens with one attached hydrogen (secondary N) is 3. The van der Waals surface area contributed by atoms with E-state index in [1.165, 1.54) is 0 Å². The predicted molar refractivity (Wildman–Crippen MR) is 39.7 cm³/mol. The zero-order valence-electron chi connectivity index (χ0n) is 6.65. The maximum atomic E-state index is 3.19. The second kappa shape index (κ2) is 4.73. The lowest BCUT2D eigenvalue weighted by molar-refractivity contribution is 0.567. The predicted octanol–water partition coefficient (Wildman–Crippen LogP) is 0.402. The first-order valence-corrected chi connectivity index (χ1v) is 3.56. The van der Waals surface area contributed by atoms with Gasteiger partial charge in [0.1, 0.15) is 0 Å². The Hall–Kier alpha value is -0.120. The Bertz CT molecular complexity index is 57.3. The average Bonchev–Trinajstić information content (AvgIpc) is 2.20. The summed E-state index contributed by atoms with van der Waals surface area (Å²) in [7, 11) is 0. The van der Waals surface area contributed by atoms with E-state index in [4.69, 9.17) is 0 Å². The van der Waals surface area contributed by atoms with Crippen molar-refractivity contribution in [2.45, 2.75) is 40.0 Å². The van der Waals surface area contributed by atoms with E-state index >= 15 is 0 Å². The van der Waals surface area contributed by atoms with Crippen LogP contribution in [-0.2, 0) is 0 Å². The molecule has 0 spiro atoms. The molecule has 0 aromatic carbocycles. The molecule has 9 heavy (non-hydrogen) atoms. The fraction of sp³-hybridized carbons (Fsp3) is 1.00. The van der Waals surface area contributed by atoms with Crippen LogP contribution in [0, 0.1) is 0 Å². The van der Waals surface area contributed by atoms with Crippen molar-refractivity contribution in [3.8, 4) is 0 Å². The molecule has 1 heterocycles. The smallest absolute Gasteiger partial charge is 0.0688 e. The first-order valence-electron chi connectivity index (χ1n) is 3.56. The third-order valence-electron chi connectivity index (χ3n) is 1.02. The minimum atomic E-state index is 0.412. The Morgan fingerprint density at radius 2 is 1.22 bits per heavy atom. The summed E-state index contributed by atoms with van der Waals surface area (Å²) in [5.41, 5.74) is 6.02. The zero-order chi connectivity index (χ0) is 7.28. The SMILES string of the molecule is CC.CC1NNC(C)N1. The quantitative estimate of drug-likeness (QED) is 0.445. The van der Waals surface area contributed by atoms with Gasteiger partial charge in [-0.15, -0.1) is 0 Å². The molecular formula is C6H17N3. The summed E-state index contributed by atoms with van der Waals surface area (Å²) in [5, 5.41) is 3.19. The van der Waals surface area contributed by atoms with Gasteiger partial charge >= 0.3 is 0 Å². The molecule has 2 unspecified atom stereocenters. The molecule has 1 aliphatic heterocycles. The topological polar surface area (TPSA) is 36.1 Å². The van der Waals surface area contributed by atoms with E-state index in [0.717, 1.165) is 0 Å². The molecule has 56 valence electrons. The highest BCUT2D eigenvalue weighted by Crippen LogP contribution is 1.83. The van der Waals surface area contributed by atoms with Crippen molar-refractivity contribution < 1.29 is 0 Å². The van der Waals surface area contributed by atoms with E-state index < -0.39 is 0 Å². The second-order valence-corrected chi connectivity index (χ2v) is 1.90. The fourth-order valence-electron chi connectivity index (χ4n) is 0.708. The summed E-state index contributed by atoms with van der Waals surface area (Å²) in [6.07, 6.45) is 0.824. The third-order valence-corrected chi connectivity index (χ3v) is 1.02. The van der Waals surface area contributed by atoms with E-state index in [1.807, 2.05) is 13.8 Å². The van der Waals surface area contributed by atoms with E-state index in [9.17, 15) is 0 Å². The van der Waals surface area contributed by atoms with Gasteiger partial charge in [-0.3, -0.25) is 5.32 Å². The molecule has 2 atom stereocenters. The molecule has 1 saturated heterocycles. The Morgan fingerprint density at radius 3 is 1.33 bits per heavy atom. The highest BCUT2D eigenvalue weighted by molar-refractivity contribution is 4.67. The summed E-state index contributed by atoms with van der Waals surface area (Å²) in [4.78, 5) is 0. The minimum Gasteiger partial charge on any atom is -0.285 e. The molecule has 0 aliphatic carbocycles. The molecule has 3 N–H and O–H groups in total. The Balaban J connectivity index is 0.000000291. The highest BCUT2D eigenvalue weighted by atomic mass is 15.5. The number of hydrazine groups is 1. The fourth-order valence-corrected chi connectivity index (χ4v) is 0.708. The van der Waals surface area contributed by atoms with Crippen molar-refractivity contribution in [1.29, 1.82) is 0 Å². The lowest BCUT2D eigenvalue weighted by Crippen LogP contribution is -2.30. The lowest BCUT2D eigenvalue weighted by atomic mass is 10.5. The molecule has 1 aliphatic rings. The molecule has 0 amide bonds. The second-order valence-electron chi connectivity index (χ2n) is 1.90. The van der Waals surface area contributed by atoms with Crippen LogP contribution in [0.5, 0.6) is 0 Å². The Labute approximate surface area is 57.2 Å². The van der Waals surface area contributed by atoms with Crippen LogP contribution in [0.15, 0.2) is 0 Å². The van der Waals surface area contributed by atoms with Crippen LogP contribution in [0.4, 0.5) is 0 Å². The summed E-state index contributed by atoms with van der Waals surface area (Å²) in [5.74, 6) is 0. The van der Waals surface area contributed by atoms with Gasteiger partial charge in [-0.2, -0.15) is 0 Å². The van der Waals surface area contributed by atoms with Gasteiger partial charge in [0.2, 0.25) is 0 Å². The Morgan fingerprint density at radius 1 is 0.889 bits per heavy atom. The normalized spacial score (nSPS) is 33.3. The first-order chi connectivity index (χ1) is 4.29. The van der Waals surface area contributed by atoms with Gasteiger partial charge in [0.15, 0.2) is 0 Å². The molecule has 0 aromatic heterocycles. The number of hydrogen-bond donors (Lipinski definition) is 3. The molecule has 3 nitrogen and oxygen atoms in total. The van der Waals surface area contributed by atoms with Crippen molar-refractivity contribution >= 4 is 0 Å². The summed E-state index contributed by atoms with van der Waals surface area (Å²) < 4.78 is 0. The standard InChI is InChI=1S/C4H11N3.C2H6/c1-3-5-4(2)7-6-3;1-2/h3-7H,1-2H3;1-2H3. The summed E-state index contributed by atoms with van der Waals surface area (Å²) in [6, 6.07) is 0. The zero-order valence-corrected chi connectivity index (χ0v) is 6.65.